The molecule has 0 aliphatic heterocycles. The Balaban J connectivity index is 1.61. The van der Waals surface area contributed by atoms with Crippen LogP contribution in [-0.4, -0.2) is 85.2 Å². The molecule has 5 rings (SSSR count). The first-order chi connectivity index (χ1) is 27.0. The minimum atomic E-state index is -5.28. The van der Waals surface area contributed by atoms with Crippen molar-refractivity contribution in [3.63, 3.8) is 0 Å². The van der Waals surface area contributed by atoms with Crippen molar-refractivity contribution >= 4 is 103 Å². The van der Waals surface area contributed by atoms with Gasteiger partial charge in [-0.1, -0.05) is 0 Å². The maximum Gasteiger partial charge on any atom is 0.397 e. The Bertz CT molecular complexity index is 2900. The fourth-order valence-electron chi connectivity index (χ4n) is 4.73. The van der Waals surface area contributed by atoms with Crippen LogP contribution in [-0.2, 0) is 44.9 Å². The largest absolute Gasteiger partial charge is 0.505 e. The molecule has 5 aromatic rings. The van der Waals surface area contributed by atoms with Crippen LogP contribution in [0.4, 0.5) is 48.7 Å². The van der Waals surface area contributed by atoms with E-state index in [1.807, 2.05) is 0 Å². The van der Waals surface area contributed by atoms with Gasteiger partial charge in [0.05, 0.1) is 18.0 Å². The molecule has 22 nitrogen and oxygen atoms in total. The minimum Gasteiger partial charge on any atom is -0.505 e. The number of benzene rings is 4. The molecule has 0 saturated carbocycles. The lowest BCUT2D eigenvalue weighted by atomic mass is 10.1. The summed E-state index contributed by atoms with van der Waals surface area (Å²) in [6.45, 7) is -0.334. The second kappa shape index (κ2) is 17.2. The van der Waals surface area contributed by atoms with Crippen molar-refractivity contribution in [1.82, 2.24) is 9.97 Å². The fraction of sp³-hybridized carbons (Fsp3) is 0.103. The Morgan fingerprint density at radius 1 is 0.724 bits per heavy atom. The Kier molecular flexibility index (Phi) is 13.0. The third kappa shape index (κ3) is 11.8. The molecule has 0 saturated heterocycles. The van der Waals surface area contributed by atoms with Crippen LogP contribution in [0.25, 0.3) is 10.8 Å². The summed E-state index contributed by atoms with van der Waals surface area (Å²) in [6, 6.07) is 12.3. The normalized spacial score (nSPS) is 12.8. The highest BCUT2D eigenvalue weighted by Crippen LogP contribution is 2.47. The van der Waals surface area contributed by atoms with E-state index in [1.165, 1.54) is 24.3 Å². The van der Waals surface area contributed by atoms with Gasteiger partial charge in [-0.3, -0.25) is 18.2 Å². The lowest BCUT2D eigenvalue weighted by Gasteiger charge is -2.14. The number of phenols is 1. The van der Waals surface area contributed by atoms with Crippen LogP contribution in [0.2, 0.25) is 0 Å². The molecule has 0 radical (unpaired) electrons. The third-order valence-corrected chi connectivity index (χ3v) is 10.8. The summed E-state index contributed by atoms with van der Waals surface area (Å²) >= 11 is 1.14. The number of aromatic nitrogens is 2. The van der Waals surface area contributed by atoms with Crippen LogP contribution >= 0.6 is 11.8 Å². The van der Waals surface area contributed by atoms with E-state index in [-0.39, 0.29) is 34.8 Å². The molecular formula is C29H24F2N8O14S5. The van der Waals surface area contributed by atoms with Gasteiger partial charge in [0.1, 0.15) is 38.5 Å². The average Bonchev–Trinajstić information content (AvgIpc) is 3.09. The number of halogens is 2. The number of azo groups is 2. The zero-order valence-corrected chi connectivity index (χ0v) is 32.4. The minimum absolute atomic E-state index is 0.0971. The van der Waals surface area contributed by atoms with Gasteiger partial charge in [0.2, 0.25) is 5.95 Å². The second-order valence-corrected chi connectivity index (χ2v) is 17.6. The molecule has 0 bridgehead atoms. The summed E-state index contributed by atoms with van der Waals surface area (Å²) in [6.07, 6.45) is -1.45. The maximum atomic E-state index is 13.7. The maximum absolute atomic E-state index is 13.7. The smallest absolute Gasteiger partial charge is 0.397 e. The standard InChI is InChI=1S/C29H24F2N8O14S5/c30-24-13-25(35-29(31)34-24)33-16-3-8-22(56(44,45)46)21(11-16)37-38-26-19-12-23(57(47,48)49)27(28(40)18(19)6-7-20(26)32-14-55(41,42)43)39-36-15-1-4-17(5-2-15)54-10-9-53-58(50,51)52/h1-8,11-13,32,40H,9-10,14H2,(H,33,34,35)(H,41,42,43)(H,44,45,46)(H,47,48,49)(H,50,51,52). The number of thioether (sulfide) groups is 1. The molecule has 0 atom stereocenters. The molecule has 1 aromatic heterocycles. The Hall–Kier alpha value is -5.37. The van der Waals surface area contributed by atoms with Gasteiger partial charge in [-0.15, -0.1) is 27.1 Å². The molecule has 0 aliphatic carbocycles. The third-order valence-electron chi connectivity index (χ3n) is 7.05. The van der Waals surface area contributed by atoms with Gasteiger partial charge in [0.15, 0.2) is 5.75 Å². The van der Waals surface area contributed by atoms with Crippen molar-refractivity contribution in [3.8, 4) is 5.75 Å². The first-order valence-electron chi connectivity index (χ1n) is 15.2. The Morgan fingerprint density at radius 2 is 1.40 bits per heavy atom. The number of nitrogens with zero attached hydrogens (tertiary/aromatic N) is 6. The van der Waals surface area contributed by atoms with Gasteiger partial charge in [-0.05, 0) is 60.7 Å². The highest BCUT2D eigenvalue weighted by Gasteiger charge is 2.25. The van der Waals surface area contributed by atoms with Gasteiger partial charge in [-0.2, -0.15) is 57.5 Å². The number of hydrogen-bond donors (Lipinski definition) is 7. The van der Waals surface area contributed by atoms with E-state index in [2.05, 4.69) is 45.2 Å². The van der Waals surface area contributed by atoms with Crippen LogP contribution in [0, 0.1) is 12.0 Å². The van der Waals surface area contributed by atoms with E-state index >= 15 is 0 Å². The summed E-state index contributed by atoms with van der Waals surface area (Å²) in [5.41, 5.74) is -2.36. The monoisotopic (exact) mass is 906 g/mol. The molecule has 308 valence electrons. The van der Waals surface area contributed by atoms with E-state index in [0.29, 0.717) is 11.0 Å². The van der Waals surface area contributed by atoms with Gasteiger partial charge >= 0.3 is 16.5 Å². The number of fused-ring (bicyclic) bond motifs is 1. The summed E-state index contributed by atoms with van der Waals surface area (Å²) in [4.78, 5) is 4.84. The second-order valence-electron chi connectivity index (χ2n) is 11.1. The Labute approximate surface area is 330 Å². The van der Waals surface area contributed by atoms with E-state index in [9.17, 15) is 61.2 Å². The van der Waals surface area contributed by atoms with Gasteiger partial charge < -0.3 is 15.7 Å². The average molecular weight is 907 g/mol. The van der Waals surface area contributed by atoms with Crippen molar-refractivity contribution in [2.24, 2.45) is 20.5 Å². The molecule has 0 fully saturated rings. The van der Waals surface area contributed by atoms with Crippen molar-refractivity contribution < 1.29 is 70.0 Å². The first kappa shape index (κ1) is 43.7. The number of nitrogens with one attached hydrogen (secondary N) is 2. The molecule has 0 amide bonds. The van der Waals surface area contributed by atoms with Gasteiger partial charge in [0, 0.05) is 33.2 Å². The molecule has 0 aliphatic rings. The molecule has 58 heavy (non-hydrogen) atoms. The lowest BCUT2D eigenvalue weighted by Crippen LogP contribution is -2.13. The van der Waals surface area contributed by atoms with E-state index < -0.39 is 102 Å². The summed E-state index contributed by atoms with van der Waals surface area (Å²) in [5.74, 6) is -3.67. The van der Waals surface area contributed by atoms with Crippen LogP contribution in [0.1, 0.15) is 0 Å². The molecule has 0 spiro atoms. The van der Waals surface area contributed by atoms with E-state index in [0.717, 1.165) is 48.2 Å². The summed E-state index contributed by atoms with van der Waals surface area (Å²) < 4.78 is 164. The molecule has 0 unspecified atom stereocenters. The molecular weight excluding hydrogens is 883 g/mol. The molecule has 1 heterocycles. The van der Waals surface area contributed by atoms with Crippen LogP contribution < -0.4 is 10.6 Å². The van der Waals surface area contributed by atoms with Crippen molar-refractivity contribution in [2.45, 2.75) is 14.7 Å². The number of aromatic hydroxyl groups is 1. The molecule has 7 N–H and O–H groups in total. The summed E-state index contributed by atoms with van der Waals surface area (Å²) in [7, 11) is -19.7. The number of rotatable bonds is 16. The fourth-order valence-corrected chi connectivity index (χ4v) is 7.45. The zero-order chi connectivity index (χ0) is 42.6. The SMILES string of the molecule is O=S(=O)(O)CNc1ccc2c(O)c(N=Nc3ccc(SCCOS(=O)(=O)O)cc3)c(S(=O)(=O)O)cc2c1N=Nc1cc(Nc2cc(F)nc(F)n2)ccc1S(=O)(=O)O. The topological polar surface area (TPSA) is 346 Å². The van der Waals surface area contributed by atoms with Crippen LogP contribution in [0.15, 0.2) is 102 Å². The van der Waals surface area contributed by atoms with Crippen molar-refractivity contribution in [2.75, 3.05) is 28.9 Å². The lowest BCUT2D eigenvalue weighted by molar-refractivity contribution is 0.285. The predicted molar refractivity (Wildman–Crippen MR) is 200 cm³/mol. The molecule has 4 aromatic carbocycles. The van der Waals surface area contributed by atoms with Gasteiger partial charge in [0.25, 0.3) is 30.4 Å². The number of phenolic OH excluding ortho intramolecular Hbond substituents is 1. The Morgan fingerprint density at radius 3 is 2.02 bits per heavy atom. The van der Waals surface area contributed by atoms with Crippen LogP contribution in [0.5, 0.6) is 5.75 Å². The van der Waals surface area contributed by atoms with Gasteiger partial charge in [-0.25, -0.2) is 4.18 Å². The predicted octanol–water partition coefficient (Wildman–Crippen LogP) is 5.85. The van der Waals surface area contributed by atoms with Crippen molar-refractivity contribution in [3.05, 3.63) is 78.8 Å². The highest BCUT2D eigenvalue weighted by molar-refractivity contribution is 7.99. The summed E-state index contributed by atoms with van der Waals surface area (Å²) in [5, 5.41) is 30.9. The highest BCUT2D eigenvalue weighted by atomic mass is 32.3. The van der Waals surface area contributed by atoms with Crippen LogP contribution in [0.3, 0.4) is 0 Å². The molecule has 29 heteroatoms. The quantitative estimate of drug-likeness (QED) is 0.0152. The van der Waals surface area contributed by atoms with E-state index in [4.69, 9.17) is 4.55 Å². The van der Waals surface area contributed by atoms with Crippen molar-refractivity contribution in [1.29, 1.82) is 0 Å². The van der Waals surface area contributed by atoms with E-state index in [1.54, 1.807) is 0 Å². The number of hydrogen-bond acceptors (Lipinski definition) is 19. The first-order valence-corrected chi connectivity index (χ1v) is 22.1. The zero-order valence-electron chi connectivity index (χ0n) is 28.4. The number of anilines is 3.